The zero-order valence-electron chi connectivity index (χ0n) is 16.8. The topological polar surface area (TPSA) is 38.8 Å². The minimum absolute atomic E-state index is 0.0789. The van der Waals surface area contributed by atoms with Crippen molar-refractivity contribution in [2.75, 3.05) is 13.1 Å². The van der Waals surface area contributed by atoms with Gasteiger partial charge in [-0.2, -0.15) is 0 Å². The maximum atomic E-state index is 12.3. The molecule has 2 aromatic rings. The third-order valence-electron chi connectivity index (χ3n) is 5.18. The van der Waals surface area contributed by atoms with Crippen molar-refractivity contribution < 1.29 is 14.3 Å². The van der Waals surface area contributed by atoms with Gasteiger partial charge >= 0.3 is 6.09 Å². The molecule has 1 heterocycles. The number of amides is 1. The summed E-state index contributed by atoms with van der Waals surface area (Å²) in [7, 11) is 0. The van der Waals surface area contributed by atoms with Crippen molar-refractivity contribution in [1.82, 2.24) is 4.90 Å². The van der Waals surface area contributed by atoms with Crippen molar-refractivity contribution in [3.8, 4) is 5.75 Å². The van der Waals surface area contributed by atoms with Gasteiger partial charge in [-0.05, 0) is 55.9 Å². The first-order valence-electron chi connectivity index (χ1n) is 10.4. The van der Waals surface area contributed by atoms with E-state index in [4.69, 9.17) is 9.47 Å². The van der Waals surface area contributed by atoms with E-state index in [1.54, 1.807) is 0 Å². The number of carbonyl (C=O) groups is 1. The van der Waals surface area contributed by atoms with Gasteiger partial charge in [0.05, 0.1) is 0 Å². The summed E-state index contributed by atoms with van der Waals surface area (Å²) in [5.41, 5.74) is 2.39. The molecule has 0 aliphatic carbocycles. The van der Waals surface area contributed by atoms with Crippen molar-refractivity contribution in [3.63, 3.8) is 0 Å². The van der Waals surface area contributed by atoms with Crippen LogP contribution in [-0.2, 0) is 17.8 Å². The highest BCUT2D eigenvalue weighted by molar-refractivity contribution is 5.67. The molecule has 0 bridgehead atoms. The van der Waals surface area contributed by atoms with E-state index in [9.17, 15) is 4.79 Å². The van der Waals surface area contributed by atoms with Crippen LogP contribution < -0.4 is 4.74 Å². The van der Waals surface area contributed by atoms with Gasteiger partial charge in [0.15, 0.2) is 0 Å². The molecule has 1 aliphatic heterocycles. The van der Waals surface area contributed by atoms with Crippen LogP contribution in [-0.4, -0.2) is 30.2 Å². The van der Waals surface area contributed by atoms with Crippen LogP contribution in [0, 0.1) is 0 Å². The number of hydrogen-bond donors (Lipinski definition) is 0. The molecule has 0 radical (unpaired) electrons. The van der Waals surface area contributed by atoms with Gasteiger partial charge in [-0.3, -0.25) is 0 Å². The van der Waals surface area contributed by atoms with Crippen LogP contribution in [0.4, 0.5) is 4.79 Å². The highest BCUT2D eigenvalue weighted by Gasteiger charge is 2.18. The molecule has 1 aliphatic rings. The number of hydrogen-bond acceptors (Lipinski definition) is 3. The molecule has 4 nitrogen and oxygen atoms in total. The number of likely N-dealkylation sites (tertiary alicyclic amines) is 1. The Morgan fingerprint density at radius 3 is 2.29 bits per heavy atom. The quantitative estimate of drug-likeness (QED) is 0.627. The highest BCUT2D eigenvalue weighted by Crippen LogP contribution is 2.17. The normalized spacial score (nSPS) is 15.5. The second-order valence-corrected chi connectivity index (χ2v) is 7.55. The lowest BCUT2D eigenvalue weighted by atomic mass is 10.1. The van der Waals surface area contributed by atoms with Crippen LogP contribution in [0.5, 0.6) is 5.75 Å². The molecule has 3 rings (SSSR count). The van der Waals surface area contributed by atoms with E-state index in [1.807, 2.05) is 42.2 Å². The van der Waals surface area contributed by atoms with Gasteiger partial charge < -0.3 is 14.4 Å². The lowest BCUT2D eigenvalue weighted by Gasteiger charge is -2.22. The first kappa shape index (κ1) is 20.2. The van der Waals surface area contributed by atoms with Crippen LogP contribution in [0.15, 0.2) is 54.6 Å². The second kappa shape index (κ2) is 10.7. The Balaban J connectivity index is 1.39. The molecular formula is C24H31NO3. The van der Waals surface area contributed by atoms with E-state index < -0.39 is 0 Å². The van der Waals surface area contributed by atoms with E-state index in [2.05, 4.69) is 24.3 Å². The Bertz CT molecular complexity index is 706. The predicted octanol–water partition coefficient (Wildman–Crippen LogP) is 5.60. The summed E-state index contributed by atoms with van der Waals surface area (Å²) in [6, 6.07) is 18.3. The lowest BCUT2D eigenvalue weighted by Crippen LogP contribution is -2.34. The molecule has 0 N–H and O–H groups in total. The molecule has 4 heteroatoms. The number of rotatable bonds is 7. The Labute approximate surface area is 168 Å². The van der Waals surface area contributed by atoms with Crippen molar-refractivity contribution >= 4 is 6.09 Å². The lowest BCUT2D eigenvalue weighted by molar-refractivity contribution is 0.0675. The largest absolute Gasteiger partial charge is 0.489 e. The van der Waals surface area contributed by atoms with E-state index in [-0.39, 0.29) is 12.2 Å². The van der Waals surface area contributed by atoms with E-state index in [1.165, 1.54) is 18.4 Å². The molecule has 1 atom stereocenters. The fourth-order valence-electron chi connectivity index (χ4n) is 3.42. The number of nitrogens with zero attached hydrogens (tertiary/aromatic N) is 1. The average molecular weight is 382 g/mol. The smallest absolute Gasteiger partial charge is 0.410 e. The SMILES string of the molecule is CC(CCc1ccc(OCc2ccccc2)cc1)OC(=O)N1CCCCCC1. The minimum Gasteiger partial charge on any atom is -0.489 e. The van der Waals surface area contributed by atoms with Crippen LogP contribution in [0.1, 0.15) is 50.2 Å². The summed E-state index contributed by atoms with van der Waals surface area (Å²) < 4.78 is 11.5. The van der Waals surface area contributed by atoms with Gasteiger partial charge in [0, 0.05) is 13.1 Å². The maximum absolute atomic E-state index is 12.3. The molecule has 28 heavy (non-hydrogen) atoms. The van der Waals surface area contributed by atoms with Crippen LogP contribution in [0.2, 0.25) is 0 Å². The summed E-state index contributed by atoms with van der Waals surface area (Å²) >= 11 is 0. The molecule has 1 unspecified atom stereocenters. The Kier molecular flexibility index (Phi) is 7.77. The predicted molar refractivity (Wildman–Crippen MR) is 112 cm³/mol. The van der Waals surface area contributed by atoms with Gasteiger partial charge in [-0.25, -0.2) is 4.79 Å². The first-order chi connectivity index (χ1) is 13.7. The molecule has 0 saturated carbocycles. The van der Waals surface area contributed by atoms with E-state index in [0.29, 0.717) is 6.61 Å². The summed E-state index contributed by atoms with van der Waals surface area (Å²) in [4.78, 5) is 14.2. The van der Waals surface area contributed by atoms with Crippen LogP contribution in [0.3, 0.4) is 0 Å². The number of aryl methyl sites for hydroxylation is 1. The molecule has 0 spiro atoms. The Hall–Kier alpha value is -2.49. The number of carbonyl (C=O) groups excluding carboxylic acids is 1. The molecule has 1 amide bonds. The maximum Gasteiger partial charge on any atom is 0.410 e. The summed E-state index contributed by atoms with van der Waals surface area (Å²) in [6.45, 7) is 4.21. The van der Waals surface area contributed by atoms with Gasteiger partial charge in [0.25, 0.3) is 0 Å². The van der Waals surface area contributed by atoms with E-state index in [0.717, 1.165) is 50.1 Å². The summed E-state index contributed by atoms with van der Waals surface area (Å²) in [6.07, 6.45) is 6.07. The van der Waals surface area contributed by atoms with Crippen molar-refractivity contribution in [2.24, 2.45) is 0 Å². The third-order valence-corrected chi connectivity index (χ3v) is 5.18. The minimum atomic E-state index is -0.154. The standard InChI is InChI=1S/C24H31NO3/c1-20(28-24(26)25-17-7-2-3-8-18-25)11-12-21-13-15-23(16-14-21)27-19-22-9-5-4-6-10-22/h4-6,9-10,13-16,20H,2-3,7-8,11-12,17-19H2,1H3. The van der Waals surface area contributed by atoms with Crippen LogP contribution >= 0.6 is 0 Å². The highest BCUT2D eigenvalue weighted by atomic mass is 16.6. The average Bonchev–Trinajstić information content (AvgIpc) is 3.02. The summed E-state index contributed by atoms with van der Waals surface area (Å²) in [5.74, 6) is 0.869. The van der Waals surface area contributed by atoms with Crippen LogP contribution in [0.25, 0.3) is 0 Å². The fourth-order valence-corrected chi connectivity index (χ4v) is 3.42. The van der Waals surface area contributed by atoms with Gasteiger partial charge in [-0.1, -0.05) is 55.3 Å². The zero-order valence-corrected chi connectivity index (χ0v) is 16.8. The molecule has 0 aromatic heterocycles. The van der Waals surface area contributed by atoms with Crippen molar-refractivity contribution in [3.05, 3.63) is 65.7 Å². The molecule has 1 saturated heterocycles. The van der Waals surface area contributed by atoms with Gasteiger partial charge in [0.2, 0.25) is 0 Å². The fraction of sp³-hybridized carbons (Fsp3) is 0.458. The zero-order chi connectivity index (χ0) is 19.6. The van der Waals surface area contributed by atoms with Crippen molar-refractivity contribution in [1.29, 1.82) is 0 Å². The summed E-state index contributed by atoms with van der Waals surface area (Å²) in [5, 5.41) is 0. The van der Waals surface area contributed by atoms with Gasteiger partial charge in [-0.15, -0.1) is 0 Å². The second-order valence-electron chi connectivity index (χ2n) is 7.55. The Morgan fingerprint density at radius 1 is 0.929 bits per heavy atom. The van der Waals surface area contributed by atoms with Crippen molar-refractivity contribution in [2.45, 2.75) is 58.2 Å². The number of benzene rings is 2. The Morgan fingerprint density at radius 2 is 1.61 bits per heavy atom. The number of ether oxygens (including phenoxy) is 2. The molecule has 150 valence electrons. The third kappa shape index (κ3) is 6.59. The monoisotopic (exact) mass is 381 g/mol. The van der Waals surface area contributed by atoms with Gasteiger partial charge in [0.1, 0.15) is 18.5 Å². The molecule has 2 aromatic carbocycles. The first-order valence-corrected chi connectivity index (χ1v) is 10.4. The molecule has 1 fully saturated rings. The van der Waals surface area contributed by atoms with E-state index >= 15 is 0 Å². The molecular weight excluding hydrogens is 350 g/mol.